The fourth-order valence-corrected chi connectivity index (χ4v) is 2.77. The Morgan fingerprint density at radius 3 is 2.64 bits per heavy atom. The van der Waals surface area contributed by atoms with E-state index in [4.69, 9.17) is 4.42 Å². The quantitative estimate of drug-likeness (QED) is 0.420. The lowest BCUT2D eigenvalue weighted by Gasteiger charge is -2.11. The van der Waals surface area contributed by atoms with Crippen LogP contribution in [-0.2, 0) is 11.3 Å². The molecule has 0 bridgehead atoms. The van der Waals surface area contributed by atoms with Gasteiger partial charge in [-0.15, -0.1) is 0 Å². The van der Waals surface area contributed by atoms with Gasteiger partial charge >= 0.3 is 6.03 Å². The van der Waals surface area contributed by atoms with Crippen LogP contribution in [0.25, 0.3) is 6.08 Å². The van der Waals surface area contributed by atoms with Gasteiger partial charge in [0.1, 0.15) is 11.5 Å². The molecule has 0 aliphatic carbocycles. The number of nitrogens with zero attached hydrogens (tertiary/aromatic N) is 1. The second kappa shape index (κ2) is 6.25. The predicted molar refractivity (Wildman–Crippen MR) is 92.6 cm³/mol. The topological polar surface area (TPSA) is 62.6 Å². The lowest BCUT2D eigenvalue weighted by atomic mass is 10.2. The van der Waals surface area contributed by atoms with E-state index in [1.807, 2.05) is 52.9 Å². The van der Waals surface area contributed by atoms with Gasteiger partial charge in [0.25, 0.3) is 5.91 Å². The molecule has 0 spiro atoms. The van der Waals surface area contributed by atoms with E-state index in [1.165, 1.54) is 11.0 Å². The molecule has 1 N–H and O–H groups in total. The lowest BCUT2D eigenvalue weighted by molar-refractivity contribution is -0.123. The zero-order valence-corrected chi connectivity index (χ0v) is 14.9. The third kappa shape index (κ3) is 3.09. The van der Waals surface area contributed by atoms with E-state index >= 15 is 0 Å². The summed E-state index contributed by atoms with van der Waals surface area (Å²) >= 11 is 5.37. The van der Waals surface area contributed by atoms with E-state index in [1.54, 1.807) is 6.07 Å². The highest BCUT2D eigenvalue weighted by molar-refractivity contribution is 14.1. The zero-order chi connectivity index (χ0) is 15.7. The molecule has 112 valence electrons. The number of imide groups is 1. The van der Waals surface area contributed by atoms with E-state index in [2.05, 4.69) is 21.2 Å². The van der Waals surface area contributed by atoms with Crippen molar-refractivity contribution in [3.8, 4) is 0 Å². The van der Waals surface area contributed by atoms with Gasteiger partial charge in [-0.25, -0.2) is 4.79 Å². The normalized spacial score (nSPS) is 16.5. The first-order valence-corrected chi connectivity index (χ1v) is 8.25. The molecule has 0 atom stereocenters. The highest BCUT2D eigenvalue weighted by atomic mass is 127. The summed E-state index contributed by atoms with van der Waals surface area (Å²) in [6.07, 6.45) is 1.53. The van der Waals surface area contributed by atoms with Crippen LogP contribution in [0.1, 0.15) is 11.3 Å². The summed E-state index contributed by atoms with van der Waals surface area (Å²) in [5, 5.41) is 2.57. The van der Waals surface area contributed by atoms with E-state index in [-0.39, 0.29) is 18.1 Å². The van der Waals surface area contributed by atoms with Crippen LogP contribution in [-0.4, -0.2) is 16.8 Å². The van der Waals surface area contributed by atoms with Crippen molar-refractivity contribution in [1.29, 1.82) is 0 Å². The van der Waals surface area contributed by atoms with E-state index in [0.717, 1.165) is 10.0 Å². The van der Waals surface area contributed by atoms with Gasteiger partial charge in [-0.2, -0.15) is 0 Å². The van der Waals surface area contributed by atoms with Crippen molar-refractivity contribution < 1.29 is 14.0 Å². The number of nitrogens with one attached hydrogen (secondary N) is 1. The molecule has 1 saturated heterocycles. The van der Waals surface area contributed by atoms with Gasteiger partial charge in [0.2, 0.25) is 0 Å². The van der Waals surface area contributed by atoms with Gasteiger partial charge in [0.15, 0.2) is 3.77 Å². The van der Waals surface area contributed by atoms with E-state index in [9.17, 15) is 9.59 Å². The van der Waals surface area contributed by atoms with Crippen LogP contribution in [0.3, 0.4) is 0 Å². The molecule has 3 amide bonds. The second-order valence-electron chi connectivity index (χ2n) is 4.64. The SMILES string of the molecule is O=C1N/C(=C\c2cc(Br)c(I)o2)C(=O)N1Cc1ccccc1. The number of rotatable bonds is 3. The monoisotopic (exact) mass is 472 g/mol. The van der Waals surface area contributed by atoms with Gasteiger partial charge in [0, 0.05) is 28.7 Å². The number of benzene rings is 1. The Morgan fingerprint density at radius 1 is 1.27 bits per heavy atom. The Hall–Kier alpha value is -1.61. The third-order valence-electron chi connectivity index (χ3n) is 3.10. The van der Waals surface area contributed by atoms with Gasteiger partial charge in [-0.3, -0.25) is 9.69 Å². The number of carbonyl (C=O) groups excluding carboxylic acids is 2. The zero-order valence-electron chi connectivity index (χ0n) is 11.2. The number of urea groups is 1. The molecule has 3 rings (SSSR count). The van der Waals surface area contributed by atoms with Crippen molar-refractivity contribution in [3.05, 3.63) is 61.7 Å². The molecule has 1 aliphatic rings. The van der Waals surface area contributed by atoms with Crippen molar-refractivity contribution in [1.82, 2.24) is 10.2 Å². The van der Waals surface area contributed by atoms with Crippen LogP contribution in [0, 0.1) is 3.77 Å². The smallest absolute Gasteiger partial charge is 0.329 e. The summed E-state index contributed by atoms with van der Waals surface area (Å²) in [5.74, 6) is 0.137. The van der Waals surface area contributed by atoms with Gasteiger partial charge in [0.05, 0.1) is 11.0 Å². The molecule has 7 heteroatoms. The summed E-state index contributed by atoms with van der Waals surface area (Å²) < 4.78 is 6.94. The Kier molecular flexibility index (Phi) is 4.34. The summed E-state index contributed by atoms with van der Waals surface area (Å²) in [5.41, 5.74) is 1.10. The van der Waals surface area contributed by atoms with Crippen molar-refractivity contribution >= 4 is 56.5 Å². The number of carbonyl (C=O) groups is 2. The van der Waals surface area contributed by atoms with Crippen molar-refractivity contribution in [2.75, 3.05) is 0 Å². The molecule has 2 aromatic rings. The molecule has 0 unspecified atom stereocenters. The van der Waals surface area contributed by atoms with Crippen LogP contribution in [0.15, 0.2) is 51.0 Å². The largest absolute Gasteiger partial charge is 0.450 e. The molecule has 5 nitrogen and oxygen atoms in total. The van der Waals surface area contributed by atoms with Crippen LogP contribution in [0.2, 0.25) is 0 Å². The summed E-state index contributed by atoms with van der Waals surface area (Å²) in [7, 11) is 0. The first kappa shape index (κ1) is 15.3. The Labute approximate surface area is 148 Å². The number of hydrogen-bond acceptors (Lipinski definition) is 3. The average Bonchev–Trinajstić information content (AvgIpc) is 2.94. The summed E-state index contributed by atoms with van der Waals surface area (Å²) in [6, 6.07) is 10.7. The van der Waals surface area contributed by atoms with Crippen molar-refractivity contribution in [3.63, 3.8) is 0 Å². The molecule has 1 aliphatic heterocycles. The lowest BCUT2D eigenvalue weighted by Crippen LogP contribution is -2.30. The van der Waals surface area contributed by atoms with Crippen LogP contribution in [0.4, 0.5) is 4.79 Å². The maximum Gasteiger partial charge on any atom is 0.329 e. The van der Waals surface area contributed by atoms with Crippen LogP contribution in [0.5, 0.6) is 0 Å². The molecule has 2 heterocycles. The van der Waals surface area contributed by atoms with Crippen molar-refractivity contribution in [2.45, 2.75) is 6.54 Å². The average molecular weight is 473 g/mol. The first-order valence-electron chi connectivity index (χ1n) is 6.38. The summed E-state index contributed by atoms with van der Waals surface area (Å²) in [6.45, 7) is 0.238. The predicted octanol–water partition coefficient (Wildman–Crippen LogP) is 3.74. The molecule has 1 aromatic heterocycles. The number of furan rings is 1. The Balaban J connectivity index is 1.82. The van der Waals surface area contributed by atoms with Crippen LogP contribution < -0.4 is 5.32 Å². The maximum absolute atomic E-state index is 12.3. The second-order valence-corrected chi connectivity index (χ2v) is 6.47. The molecule has 1 fully saturated rings. The first-order chi connectivity index (χ1) is 10.5. The fraction of sp³-hybridized carbons (Fsp3) is 0.0667. The molecular formula is C15H10BrIN2O3. The van der Waals surface area contributed by atoms with Gasteiger partial charge in [-0.05, 0) is 27.6 Å². The standard InChI is InChI=1S/C15H10BrIN2O3/c16-11-6-10(22-13(11)17)7-12-14(20)19(15(21)18-12)8-9-4-2-1-3-5-9/h1-7H,8H2,(H,18,21)/b12-7-. The third-order valence-corrected chi connectivity index (χ3v) is 5.23. The highest BCUT2D eigenvalue weighted by Gasteiger charge is 2.33. The summed E-state index contributed by atoms with van der Waals surface area (Å²) in [4.78, 5) is 25.5. The minimum Gasteiger partial charge on any atom is -0.450 e. The van der Waals surface area contributed by atoms with E-state index < -0.39 is 6.03 Å². The molecule has 0 radical (unpaired) electrons. The minimum atomic E-state index is -0.430. The Morgan fingerprint density at radius 2 is 2.00 bits per heavy atom. The maximum atomic E-state index is 12.3. The van der Waals surface area contributed by atoms with Crippen LogP contribution >= 0.6 is 38.5 Å². The molecule has 1 aromatic carbocycles. The highest BCUT2D eigenvalue weighted by Crippen LogP contribution is 2.25. The molecule has 22 heavy (non-hydrogen) atoms. The van der Waals surface area contributed by atoms with E-state index in [0.29, 0.717) is 9.53 Å². The Bertz CT molecular complexity index is 751. The fourth-order valence-electron chi connectivity index (χ4n) is 2.06. The molecule has 0 saturated carbocycles. The van der Waals surface area contributed by atoms with Crippen molar-refractivity contribution in [2.24, 2.45) is 0 Å². The number of hydrogen-bond donors (Lipinski definition) is 1. The molecular weight excluding hydrogens is 463 g/mol. The number of halogens is 2. The van der Waals surface area contributed by atoms with Gasteiger partial charge < -0.3 is 9.73 Å². The van der Waals surface area contributed by atoms with Gasteiger partial charge in [-0.1, -0.05) is 30.3 Å². The minimum absolute atomic E-state index is 0.207. The number of amides is 3.